The van der Waals surface area contributed by atoms with Crippen molar-refractivity contribution in [3.8, 4) is 34.5 Å². The van der Waals surface area contributed by atoms with Crippen molar-refractivity contribution in [1.82, 2.24) is 0 Å². The summed E-state index contributed by atoms with van der Waals surface area (Å²) in [5.74, 6) is 4.71. The zero-order valence-electron chi connectivity index (χ0n) is 31.0. The number of para-hydroxylation sites is 4. The van der Waals surface area contributed by atoms with Gasteiger partial charge >= 0.3 is 0 Å². The van der Waals surface area contributed by atoms with Crippen LogP contribution in [0.15, 0.2) is 121 Å². The fourth-order valence-electron chi connectivity index (χ4n) is 9.13. The zero-order valence-corrected chi connectivity index (χ0v) is 32.8. The van der Waals surface area contributed by atoms with Crippen molar-refractivity contribution >= 4 is 47.7 Å². The highest BCUT2D eigenvalue weighted by Gasteiger charge is 2.55. The summed E-state index contributed by atoms with van der Waals surface area (Å²) in [7, 11) is -1.96. The normalized spacial score (nSPS) is 18.4. The van der Waals surface area contributed by atoms with E-state index in [4.69, 9.17) is 18.9 Å². The Kier molecular flexibility index (Phi) is 7.27. The summed E-state index contributed by atoms with van der Waals surface area (Å²) in [5.41, 5.74) is 4.52. The minimum Gasteiger partial charge on any atom is -0.456 e. The first kappa shape index (κ1) is 33.0. The average molecular weight is 733 g/mol. The Morgan fingerprint density at radius 1 is 0.434 bits per heavy atom. The van der Waals surface area contributed by atoms with Crippen LogP contribution in [0, 0.1) is 13.8 Å². The molecular formula is C47H42O4P2. The number of fused-ring (bicyclic) bond motifs is 6. The third-order valence-corrected chi connectivity index (χ3v) is 16.3. The van der Waals surface area contributed by atoms with Crippen LogP contribution in [0.5, 0.6) is 34.5 Å². The summed E-state index contributed by atoms with van der Waals surface area (Å²) in [6, 6.07) is 43.4. The van der Waals surface area contributed by atoms with E-state index in [-0.39, 0.29) is 10.8 Å². The molecular weight excluding hydrogens is 690 g/mol. The van der Waals surface area contributed by atoms with Gasteiger partial charge in [-0.3, -0.25) is 0 Å². The van der Waals surface area contributed by atoms with E-state index in [1.165, 1.54) is 54.1 Å². The first-order valence-corrected chi connectivity index (χ1v) is 21.2. The van der Waals surface area contributed by atoms with Crippen molar-refractivity contribution in [2.24, 2.45) is 0 Å². The van der Waals surface area contributed by atoms with Crippen LogP contribution in [0.4, 0.5) is 0 Å². The summed E-state index contributed by atoms with van der Waals surface area (Å²) in [4.78, 5) is 0. The van der Waals surface area contributed by atoms with Gasteiger partial charge in [0.05, 0.1) is 0 Å². The molecule has 0 aromatic heterocycles. The molecule has 4 aliphatic rings. The summed E-state index contributed by atoms with van der Waals surface area (Å²) in [5, 5.41) is 7.28. The van der Waals surface area contributed by atoms with Gasteiger partial charge < -0.3 is 18.9 Å². The quantitative estimate of drug-likeness (QED) is 0.166. The Morgan fingerprint density at radius 2 is 0.755 bits per heavy atom. The molecule has 6 aromatic rings. The molecule has 1 spiro atoms. The number of aryl methyl sites for hydroxylation is 2. The third kappa shape index (κ3) is 5.17. The van der Waals surface area contributed by atoms with E-state index in [0.29, 0.717) is 0 Å². The molecule has 0 bridgehead atoms. The molecule has 0 N–H and O–H groups in total. The molecule has 6 aromatic carbocycles. The number of rotatable bonds is 2. The van der Waals surface area contributed by atoms with Crippen LogP contribution in [-0.4, -0.2) is 5.79 Å². The molecule has 0 saturated carbocycles. The van der Waals surface area contributed by atoms with Crippen LogP contribution >= 0.6 is 15.8 Å². The fourth-order valence-corrected chi connectivity index (χ4v) is 14.4. The van der Waals surface area contributed by atoms with Crippen LogP contribution in [0.3, 0.4) is 0 Å². The number of benzene rings is 6. The van der Waals surface area contributed by atoms with Gasteiger partial charge in [-0.1, -0.05) is 113 Å². The smallest absolute Gasteiger partial charge is 0.253 e. The molecule has 0 amide bonds. The predicted octanol–water partition coefficient (Wildman–Crippen LogP) is 9.55. The van der Waals surface area contributed by atoms with Gasteiger partial charge in [0.1, 0.15) is 34.5 Å². The van der Waals surface area contributed by atoms with E-state index < -0.39 is 21.6 Å². The van der Waals surface area contributed by atoms with Crippen molar-refractivity contribution in [3.05, 3.63) is 144 Å². The van der Waals surface area contributed by atoms with E-state index in [9.17, 15) is 0 Å². The van der Waals surface area contributed by atoms with Gasteiger partial charge in [-0.2, -0.15) is 0 Å². The molecule has 4 nitrogen and oxygen atoms in total. The maximum absolute atomic E-state index is 7.61. The molecule has 10 rings (SSSR count). The summed E-state index contributed by atoms with van der Waals surface area (Å²) >= 11 is 0. The lowest BCUT2D eigenvalue weighted by Crippen LogP contribution is -2.57. The lowest BCUT2D eigenvalue weighted by Gasteiger charge is -2.52. The van der Waals surface area contributed by atoms with E-state index in [1.807, 2.05) is 0 Å². The Bertz CT molecular complexity index is 2220. The van der Waals surface area contributed by atoms with Crippen molar-refractivity contribution in [2.45, 2.75) is 71.0 Å². The monoisotopic (exact) mass is 732 g/mol. The van der Waals surface area contributed by atoms with Gasteiger partial charge in [-0.15, -0.1) is 0 Å². The molecule has 0 aliphatic carbocycles. The Labute approximate surface area is 314 Å². The first-order valence-electron chi connectivity index (χ1n) is 18.5. The van der Waals surface area contributed by atoms with Crippen LogP contribution in [0.2, 0.25) is 0 Å². The molecule has 4 heterocycles. The van der Waals surface area contributed by atoms with E-state index in [2.05, 4.69) is 163 Å². The lowest BCUT2D eigenvalue weighted by molar-refractivity contribution is -0.165. The second-order valence-corrected chi connectivity index (χ2v) is 20.5. The van der Waals surface area contributed by atoms with Gasteiger partial charge in [0.2, 0.25) is 0 Å². The van der Waals surface area contributed by atoms with Crippen molar-refractivity contribution < 1.29 is 18.9 Å². The minimum atomic E-state index is -0.980. The van der Waals surface area contributed by atoms with Crippen molar-refractivity contribution in [1.29, 1.82) is 0 Å². The summed E-state index contributed by atoms with van der Waals surface area (Å²) < 4.78 is 28.2. The first-order chi connectivity index (χ1) is 25.5. The maximum atomic E-state index is 7.61. The minimum absolute atomic E-state index is 0.226. The maximum Gasteiger partial charge on any atom is 0.253 e. The molecule has 0 atom stereocenters. The fraction of sp³-hybridized carbons (Fsp3) is 0.234. The molecule has 0 radical (unpaired) electrons. The topological polar surface area (TPSA) is 36.9 Å². The Balaban J connectivity index is 1.17. The lowest BCUT2D eigenvalue weighted by atomic mass is 9.69. The predicted molar refractivity (Wildman–Crippen MR) is 219 cm³/mol. The van der Waals surface area contributed by atoms with Gasteiger partial charge in [0.15, 0.2) is 0 Å². The highest BCUT2D eigenvalue weighted by atomic mass is 31.1. The molecule has 264 valence electrons. The van der Waals surface area contributed by atoms with Crippen molar-refractivity contribution in [2.75, 3.05) is 0 Å². The van der Waals surface area contributed by atoms with Gasteiger partial charge in [0.25, 0.3) is 5.79 Å². The van der Waals surface area contributed by atoms with Crippen LogP contribution in [0.1, 0.15) is 62.8 Å². The van der Waals surface area contributed by atoms with E-state index >= 15 is 0 Å². The highest BCUT2D eigenvalue weighted by molar-refractivity contribution is 7.81. The van der Waals surface area contributed by atoms with Gasteiger partial charge in [-0.25, -0.2) is 0 Å². The van der Waals surface area contributed by atoms with Crippen LogP contribution in [-0.2, 0) is 10.8 Å². The largest absolute Gasteiger partial charge is 0.456 e. The molecule has 0 unspecified atom stereocenters. The summed E-state index contributed by atoms with van der Waals surface area (Å²) in [6.45, 7) is 13.9. The number of hydrogen-bond acceptors (Lipinski definition) is 4. The zero-order chi connectivity index (χ0) is 36.3. The summed E-state index contributed by atoms with van der Waals surface area (Å²) in [6.07, 6.45) is 1.46. The molecule has 53 heavy (non-hydrogen) atoms. The van der Waals surface area contributed by atoms with Crippen LogP contribution in [0.25, 0.3) is 0 Å². The second-order valence-electron chi connectivity index (χ2n) is 16.3. The Hall–Kier alpha value is -4.62. The highest BCUT2D eigenvalue weighted by Crippen LogP contribution is 2.58. The second kappa shape index (κ2) is 11.7. The average Bonchev–Trinajstić information content (AvgIpc) is 3.13. The molecule has 6 heteroatoms. The number of hydrogen-bond donors (Lipinski definition) is 0. The standard InChI is InChI=1S/C47H42O4P2/c1-29-23-31-43(41(25-29)52-37-19-11-7-15-33(37)48-34-16-8-12-20-38(34)52)50-47(27-45(31,3)4)28-46(5,6)32-24-30(2)26-42(44(32)51-47)53-39-21-13-9-17-35(39)49-36-18-10-14-22-40(36)53/h7-26H,27-28H2,1-6H3. The van der Waals surface area contributed by atoms with Gasteiger partial charge in [0, 0.05) is 66.6 Å². The van der Waals surface area contributed by atoms with Gasteiger partial charge in [-0.05, 0) is 77.2 Å². The molecule has 0 fully saturated rings. The SMILES string of the molecule is Cc1cc(P2c3ccccc3Oc3ccccc32)c2c(c1)C(C)(C)CC1(CC(C)(C)c3cc(C)cc(P4c5ccccc5Oc5ccccc54)c3O1)O2. The molecule has 4 aliphatic heterocycles. The van der Waals surface area contributed by atoms with E-state index in [0.717, 1.165) is 47.3 Å². The van der Waals surface area contributed by atoms with E-state index in [1.54, 1.807) is 0 Å². The third-order valence-electron chi connectivity index (χ3n) is 11.2. The van der Waals surface area contributed by atoms with Crippen molar-refractivity contribution in [3.63, 3.8) is 0 Å². The van der Waals surface area contributed by atoms with Crippen LogP contribution < -0.4 is 50.8 Å². The Morgan fingerprint density at radius 3 is 1.09 bits per heavy atom. The molecule has 0 saturated heterocycles. The number of ether oxygens (including phenoxy) is 4.